The molecule has 1 aromatic rings. The predicted molar refractivity (Wildman–Crippen MR) is 76.9 cm³/mol. The number of carbonyl (C=O) groups is 1. The normalized spacial score (nSPS) is 19.6. The molecule has 1 amide bonds. The number of nitrogens with one attached hydrogen (secondary N) is 1. The maximum Gasteiger partial charge on any atom is 0.233 e. The molecule has 0 bridgehead atoms. The van der Waals surface area contributed by atoms with Gasteiger partial charge in [-0.2, -0.15) is 0 Å². The monoisotopic (exact) mass is 284 g/mol. The van der Waals surface area contributed by atoms with Crippen LogP contribution in [-0.4, -0.2) is 36.2 Å². The average Bonchev–Trinajstić information content (AvgIpc) is 2.72. The molecule has 2 rings (SSSR count). The maximum absolute atomic E-state index is 11.9. The number of likely N-dealkylation sites (N-methyl/N-ethyl adjacent to an activating group) is 1. The van der Waals surface area contributed by atoms with Crippen molar-refractivity contribution in [2.24, 2.45) is 0 Å². The molecular weight excluding hydrogens is 268 g/mol. The molecule has 98 valence electrons. The van der Waals surface area contributed by atoms with Crippen LogP contribution in [-0.2, 0) is 4.79 Å². The van der Waals surface area contributed by atoms with Crippen molar-refractivity contribution < 1.29 is 4.79 Å². The minimum atomic E-state index is 0.0601. The van der Waals surface area contributed by atoms with Gasteiger partial charge in [0.25, 0.3) is 0 Å². The van der Waals surface area contributed by atoms with E-state index in [4.69, 9.17) is 11.6 Å². The Balaban J connectivity index is 2.11. The van der Waals surface area contributed by atoms with Crippen molar-refractivity contribution in [2.45, 2.75) is 12.3 Å². The van der Waals surface area contributed by atoms with Crippen molar-refractivity contribution in [1.29, 1.82) is 0 Å². The summed E-state index contributed by atoms with van der Waals surface area (Å²) in [7, 11) is 0. The smallest absolute Gasteiger partial charge is 0.233 e. The summed E-state index contributed by atoms with van der Waals surface area (Å²) in [5, 5.41) is 4.04. The van der Waals surface area contributed by atoms with Crippen molar-refractivity contribution in [3.63, 3.8) is 0 Å². The predicted octanol–water partition coefficient (Wildman–Crippen LogP) is 2.52. The molecular formula is C13H17ClN2OS. The van der Waals surface area contributed by atoms with E-state index in [-0.39, 0.29) is 11.3 Å². The Bertz CT molecular complexity index is 427. The van der Waals surface area contributed by atoms with Gasteiger partial charge in [0, 0.05) is 23.7 Å². The average molecular weight is 285 g/mol. The third-order valence-electron chi connectivity index (χ3n) is 2.92. The number of hydrogen-bond acceptors (Lipinski definition) is 3. The Labute approximate surface area is 117 Å². The van der Waals surface area contributed by atoms with Crippen molar-refractivity contribution in [3.05, 3.63) is 34.9 Å². The zero-order chi connectivity index (χ0) is 13.0. The third-order valence-corrected chi connectivity index (χ3v) is 4.50. The molecule has 1 aliphatic heterocycles. The molecule has 1 fully saturated rings. The molecule has 1 N–H and O–H groups in total. The highest BCUT2D eigenvalue weighted by atomic mass is 35.5. The van der Waals surface area contributed by atoms with Crippen LogP contribution in [0.15, 0.2) is 24.3 Å². The van der Waals surface area contributed by atoms with Crippen LogP contribution in [0.2, 0.25) is 5.02 Å². The van der Waals surface area contributed by atoms with Gasteiger partial charge in [0.2, 0.25) is 5.91 Å². The van der Waals surface area contributed by atoms with Crippen LogP contribution in [0.5, 0.6) is 0 Å². The topological polar surface area (TPSA) is 32.3 Å². The fraction of sp³-hybridized carbons (Fsp3) is 0.462. The molecule has 1 unspecified atom stereocenters. The molecule has 0 aromatic heterocycles. The number of benzene rings is 1. The quantitative estimate of drug-likeness (QED) is 0.844. The van der Waals surface area contributed by atoms with E-state index in [1.807, 2.05) is 29.2 Å². The first kappa shape index (κ1) is 13.7. The van der Waals surface area contributed by atoms with Crippen LogP contribution in [0.3, 0.4) is 0 Å². The van der Waals surface area contributed by atoms with Gasteiger partial charge in [0.15, 0.2) is 0 Å². The van der Waals surface area contributed by atoms with Crippen LogP contribution < -0.4 is 5.32 Å². The van der Waals surface area contributed by atoms with Gasteiger partial charge in [-0.25, -0.2) is 0 Å². The molecule has 18 heavy (non-hydrogen) atoms. The van der Waals surface area contributed by atoms with E-state index in [0.717, 1.165) is 30.2 Å². The number of rotatable bonds is 5. The number of carbonyl (C=O) groups excluding carboxylic acids is 1. The van der Waals surface area contributed by atoms with E-state index in [2.05, 4.69) is 12.2 Å². The van der Waals surface area contributed by atoms with Crippen LogP contribution in [0.1, 0.15) is 17.9 Å². The van der Waals surface area contributed by atoms with E-state index in [9.17, 15) is 4.79 Å². The van der Waals surface area contributed by atoms with Gasteiger partial charge in [-0.3, -0.25) is 4.79 Å². The van der Waals surface area contributed by atoms with Gasteiger partial charge in [-0.15, -0.1) is 11.8 Å². The molecule has 0 radical (unpaired) electrons. The van der Waals surface area contributed by atoms with Gasteiger partial charge >= 0.3 is 0 Å². The Morgan fingerprint density at radius 1 is 1.50 bits per heavy atom. The molecule has 1 heterocycles. The Morgan fingerprint density at radius 3 is 3.00 bits per heavy atom. The van der Waals surface area contributed by atoms with E-state index in [1.54, 1.807) is 11.8 Å². The fourth-order valence-corrected chi connectivity index (χ4v) is 3.56. The van der Waals surface area contributed by atoms with Gasteiger partial charge in [0.1, 0.15) is 5.37 Å². The van der Waals surface area contributed by atoms with Crippen molar-refractivity contribution >= 4 is 29.3 Å². The zero-order valence-corrected chi connectivity index (χ0v) is 11.9. The lowest BCUT2D eigenvalue weighted by Crippen LogP contribution is -2.35. The minimum absolute atomic E-state index is 0.0601. The lowest BCUT2D eigenvalue weighted by atomic mass is 10.2. The summed E-state index contributed by atoms with van der Waals surface area (Å²) >= 11 is 7.86. The molecule has 5 heteroatoms. The first-order valence-corrected chi connectivity index (χ1v) is 7.53. The molecule has 3 nitrogen and oxygen atoms in total. The molecule has 1 aromatic carbocycles. The Kier molecular flexibility index (Phi) is 4.92. The molecule has 0 aliphatic carbocycles. The summed E-state index contributed by atoms with van der Waals surface area (Å²) < 4.78 is 0. The molecule has 0 spiro atoms. The van der Waals surface area contributed by atoms with Crippen molar-refractivity contribution in [3.8, 4) is 0 Å². The summed E-state index contributed by atoms with van der Waals surface area (Å²) in [6.07, 6.45) is 0. The maximum atomic E-state index is 11.9. The number of amides is 1. The first-order valence-electron chi connectivity index (χ1n) is 6.10. The van der Waals surface area contributed by atoms with Gasteiger partial charge in [0.05, 0.1) is 5.75 Å². The van der Waals surface area contributed by atoms with E-state index in [0.29, 0.717) is 5.75 Å². The van der Waals surface area contributed by atoms with E-state index < -0.39 is 0 Å². The first-order chi connectivity index (χ1) is 8.74. The summed E-state index contributed by atoms with van der Waals surface area (Å²) in [6.45, 7) is 4.54. The number of thioether (sulfide) groups is 1. The SMILES string of the molecule is CCNCCN1C(=O)CSC1c1ccccc1Cl. The highest BCUT2D eigenvalue weighted by Crippen LogP contribution is 2.40. The van der Waals surface area contributed by atoms with Gasteiger partial charge < -0.3 is 10.2 Å². The second-order valence-corrected chi connectivity index (χ2v) is 5.60. The fourth-order valence-electron chi connectivity index (χ4n) is 2.01. The second kappa shape index (κ2) is 6.45. The molecule has 0 saturated carbocycles. The largest absolute Gasteiger partial charge is 0.325 e. The van der Waals surface area contributed by atoms with Gasteiger partial charge in [-0.1, -0.05) is 36.7 Å². The van der Waals surface area contributed by atoms with Crippen LogP contribution in [0.4, 0.5) is 0 Å². The van der Waals surface area contributed by atoms with Crippen molar-refractivity contribution in [2.75, 3.05) is 25.4 Å². The summed E-state index contributed by atoms with van der Waals surface area (Å²) in [5.41, 5.74) is 1.03. The Hall–Kier alpha value is -0.710. The third kappa shape index (κ3) is 2.99. The summed E-state index contributed by atoms with van der Waals surface area (Å²) in [4.78, 5) is 13.8. The molecule has 1 aliphatic rings. The molecule has 1 atom stereocenters. The zero-order valence-electron chi connectivity index (χ0n) is 10.4. The lowest BCUT2D eigenvalue weighted by Gasteiger charge is -2.25. The standard InChI is InChI=1S/C13H17ClN2OS/c1-2-15-7-8-16-12(17)9-18-13(16)10-5-3-4-6-11(10)14/h3-6,13,15H,2,7-9H2,1H3. The van der Waals surface area contributed by atoms with E-state index in [1.165, 1.54) is 0 Å². The number of nitrogens with zero attached hydrogens (tertiary/aromatic N) is 1. The number of hydrogen-bond donors (Lipinski definition) is 1. The van der Waals surface area contributed by atoms with E-state index >= 15 is 0 Å². The Morgan fingerprint density at radius 2 is 2.28 bits per heavy atom. The number of halogens is 1. The minimum Gasteiger partial charge on any atom is -0.325 e. The van der Waals surface area contributed by atoms with Crippen LogP contribution >= 0.6 is 23.4 Å². The van der Waals surface area contributed by atoms with Crippen LogP contribution in [0.25, 0.3) is 0 Å². The lowest BCUT2D eigenvalue weighted by molar-refractivity contribution is -0.128. The van der Waals surface area contributed by atoms with Crippen molar-refractivity contribution in [1.82, 2.24) is 10.2 Å². The summed E-state index contributed by atoms with van der Waals surface area (Å²) in [6, 6.07) is 7.75. The second-order valence-electron chi connectivity index (χ2n) is 4.13. The summed E-state index contributed by atoms with van der Waals surface area (Å²) in [5.74, 6) is 0.741. The molecule has 1 saturated heterocycles. The van der Waals surface area contributed by atoms with Gasteiger partial charge in [-0.05, 0) is 12.6 Å². The highest BCUT2D eigenvalue weighted by molar-refractivity contribution is 8.00. The highest BCUT2D eigenvalue weighted by Gasteiger charge is 2.33. The van der Waals surface area contributed by atoms with Crippen LogP contribution in [0, 0.1) is 0 Å².